The Morgan fingerprint density at radius 3 is 2.16 bits per heavy atom. The molecule has 0 aromatic heterocycles. The number of halogens is 1. The molecule has 0 amide bonds. The lowest BCUT2D eigenvalue weighted by atomic mass is 10.2. The molecule has 0 aliphatic rings. The number of carboxylic acids is 1. The highest BCUT2D eigenvalue weighted by Crippen LogP contribution is 2.28. The van der Waals surface area contributed by atoms with E-state index < -0.39 is 5.97 Å². The van der Waals surface area contributed by atoms with Gasteiger partial charge < -0.3 is 14.6 Å². The average Bonchev–Trinajstić information content (AvgIpc) is 2.39. The quantitative estimate of drug-likeness (QED) is 0.926. The van der Waals surface area contributed by atoms with Crippen molar-refractivity contribution in [1.82, 2.24) is 0 Å². The van der Waals surface area contributed by atoms with Gasteiger partial charge in [-0.1, -0.05) is 0 Å². The Bertz CT molecular complexity index is 593. The SMILES string of the molecule is COc1ccc(Oc2ccc(C(=O)O)c(Br)c2)cc1. The Labute approximate surface area is 118 Å². The third-order valence-corrected chi connectivity index (χ3v) is 3.12. The summed E-state index contributed by atoms with van der Waals surface area (Å²) in [7, 11) is 1.59. The Balaban J connectivity index is 2.18. The molecule has 0 radical (unpaired) electrons. The minimum Gasteiger partial charge on any atom is -0.497 e. The normalized spacial score (nSPS) is 10.0. The molecule has 0 aliphatic carbocycles. The van der Waals surface area contributed by atoms with Crippen molar-refractivity contribution < 1.29 is 19.4 Å². The summed E-state index contributed by atoms with van der Waals surface area (Å²) in [6.45, 7) is 0. The number of rotatable bonds is 4. The van der Waals surface area contributed by atoms with E-state index in [1.165, 1.54) is 6.07 Å². The smallest absolute Gasteiger partial charge is 0.336 e. The van der Waals surface area contributed by atoms with E-state index in [1.807, 2.05) is 0 Å². The van der Waals surface area contributed by atoms with Gasteiger partial charge in [-0.05, 0) is 58.4 Å². The van der Waals surface area contributed by atoms with Crippen LogP contribution in [0.1, 0.15) is 10.4 Å². The van der Waals surface area contributed by atoms with Crippen LogP contribution in [0.5, 0.6) is 17.2 Å². The number of aromatic carboxylic acids is 1. The fourth-order valence-electron chi connectivity index (χ4n) is 1.51. The van der Waals surface area contributed by atoms with Crippen molar-refractivity contribution in [2.45, 2.75) is 0 Å². The molecule has 0 aliphatic heterocycles. The van der Waals surface area contributed by atoms with Gasteiger partial charge in [0.2, 0.25) is 0 Å². The summed E-state index contributed by atoms with van der Waals surface area (Å²) in [6.07, 6.45) is 0. The Kier molecular flexibility index (Phi) is 4.06. The van der Waals surface area contributed by atoms with E-state index in [4.69, 9.17) is 14.6 Å². The fraction of sp³-hybridized carbons (Fsp3) is 0.0714. The van der Waals surface area contributed by atoms with Crippen molar-refractivity contribution in [2.24, 2.45) is 0 Å². The van der Waals surface area contributed by atoms with E-state index in [-0.39, 0.29) is 5.56 Å². The van der Waals surface area contributed by atoms with E-state index >= 15 is 0 Å². The molecule has 19 heavy (non-hydrogen) atoms. The maximum absolute atomic E-state index is 10.9. The molecule has 5 heteroatoms. The summed E-state index contributed by atoms with van der Waals surface area (Å²) in [4.78, 5) is 10.9. The minimum atomic E-state index is -0.983. The molecule has 0 fully saturated rings. The highest BCUT2D eigenvalue weighted by Gasteiger charge is 2.09. The van der Waals surface area contributed by atoms with Gasteiger partial charge >= 0.3 is 5.97 Å². The third kappa shape index (κ3) is 3.26. The Hall–Kier alpha value is -2.01. The second-order valence-electron chi connectivity index (χ2n) is 3.72. The number of ether oxygens (including phenoxy) is 2. The molecule has 0 spiro atoms. The fourth-order valence-corrected chi connectivity index (χ4v) is 2.04. The van der Waals surface area contributed by atoms with Gasteiger partial charge in [-0.2, -0.15) is 0 Å². The second kappa shape index (κ2) is 5.75. The molecule has 2 aromatic rings. The van der Waals surface area contributed by atoms with Gasteiger partial charge in [-0.25, -0.2) is 4.79 Å². The first-order valence-corrected chi connectivity index (χ1v) is 6.24. The molecule has 4 nitrogen and oxygen atoms in total. The summed E-state index contributed by atoms with van der Waals surface area (Å²) in [6, 6.07) is 11.8. The van der Waals surface area contributed by atoms with E-state index in [0.717, 1.165) is 5.75 Å². The van der Waals surface area contributed by atoms with Crippen LogP contribution in [0.25, 0.3) is 0 Å². The number of hydrogen-bond acceptors (Lipinski definition) is 3. The molecule has 0 bridgehead atoms. The monoisotopic (exact) mass is 322 g/mol. The van der Waals surface area contributed by atoms with Gasteiger partial charge in [0.1, 0.15) is 17.2 Å². The van der Waals surface area contributed by atoms with Crippen LogP contribution in [-0.4, -0.2) is 18.2 Å². The number of carboxylic acid groups (broad SMARTS) is 1. The van der Waals surface area contributed by atoms with Crippen LogP contribution < -0.4 is 9.47 Å². The largest absolute Gasteiger partial charge is 0.497 e. The zero-order chi connectivity index (χ0) is 13.8. The highest BCUT2D eigenvalue weighted by atomic mass is 79.9. The molecule has 0 heterocycles. The molecule has 2 aromatic carbocycles. The molecule has 0 saturated heterocycles. The second-order valence-corrected chi connectivity index (χ2v) is 4.58. The molecule has 2 rings (SSSR count). The van der Waals surface area contributed by atoms with Crippen molar-refractivity contribution in [3.63, 3.8) is 0 Å². The summed E-state index contributed by atoms with van der Waals surface area (Å²) in [5.74, 6) is 0.968. The zero-order valence-electron chi connectivity index (χ0n) is 10.1. The van der Waals surface area contributed by atoms with Crippen LogP contribution in [0.15, 0.2) is 46.9 Å². The van der Waals surface area contributed by atoms with Crippen LogP contribution in [0.4, 0.5) is 0 Å². The molecule has 98 valence electrons. The summed E-state index contributed by atoms with van der Waals surface area (Å²) >= 11 is 3.20. The van der Waals surface area contributed by atoms with Crippen LogP contribution in [0.3, 0.4) is 0 Å². The van der Waals surface area contributed by atoms with Crippen molar-refractivity contribution in [2.75, 3.05) is 7.11 Å². The molecule has 1 N–H and O–H groups in total. The predicted octanol–water partition coefficient (Wildman–Crippen LogP) is 3.95. The van der Waals surface area contributed by atoms with E-state index in [2.05, 4.69) is 15.9 Å². The minimum absolute atomic E-state index is 0.196. The number of hydrogen-bond donors (Lipinski definition) is 1. The van der Waals surface area contributed by atoms with Crippen molar-refractivity contribution in [1.29, 1.82) is 0 Å². The number of carbonyl (C=O) groups is 1. The number of benzene rings is 2. The lowest BCUT2D eigenvalue weighted by molar-refractivity contribution is 0.0696. The van der Waals surface area contributed by atoms with Crippen molar-refractivity contribution in [3.8, 4) is 17.2 Å². The standard InChI is InChI=1S/C14H11BrO4/c1-18-9-2-4-10(5-3-9)19-11-6-7-12(14(16)17)13(15)8-11/h2-8H,1H3,(H,16,17). The highest BCUT2D eigenvalue weighted by molar-refractivity contribution is 9.10. The maximum Gasteiger partial charge on any atom is 0.336 e. The van der Waals surface area contributed by atoms with Gasteiger partial charge in [0.15, 0.2) is 0 Å². The Morgan fingerprint density at radius 2 is 1.63 bits per heavy atom. The third-order valence-electron chi connectivity index (χ3n) is 2.47. The lowest BCUT2D eigenvalue weighted by Crippen LogP contribution is -1.97. The van der Waals surface area contributed by atoms with Gasteiger partial charge in [-0.15, -0.1) is 0 Å². The topological polar surface area (TPSA) is 55.8 Å². The van der Waals surface area contributed by atoms with Gasteiger partial charge in [-0.3, -0.25) is 0 Å². The van der Waals surface area contributed by atoms with E-state index in [1.54, 1.807) is 43.5 Å². The first-order chi connectivity index (χ1) is 9.10. The van der Waals surface area contributed by atoms with Crippen LogP contribution >= 0.6 is 15.9 Å². The lowest BCUT2D eigenvalue weighted by Gasteiger charge is -2.08. The van der Waals surface area contributed by atoms with Gasteiger partial charge in [0.05, 0.1) is 12.7 Å². The van der Waals surface area contributed by atoms with Crippen LogP contribution in [-0.2, 0) is 0 Å². The predicted molar refractivity (Wildman–Crippen MR) is 74.2 cm³/mol. The van der Waals surface area contributed by atoms with Crippen LogP contribution in [0.2, 0.25) is 0 Å². The number of methoxy groups -OCH3 is 1. The zero-order valence-corrected chi connectivity index (χ0v) is 11.7. The summed E-state index contributed by atoms with van der Waals surface area (Å²) < 4.78 is 11.1. The summed E-state index contributed by atoms with van der Waals surface area (Å²) in [5.41, 5.74) is 0.196. The molecular formula is C14H11BrO4. The van der Waals surface area contributed by atoms with Crippen molar-refractivity contribution >= 4 is 21.9 Å². The first-order valence-electron chi connectivity index (χ1n) is 5.45. The van der Waals surface area contributed by atoms with Gasteiger partial charge in [0, 0.05) is 4.47 Å². The van der Waals surface area contributed by atoms with Gasteiger partial charge in [0.25, 0.3) is 0 Å². The first kappa shape index (κ1) is 13.4. The van der Waals surface area contributed by atoms with E-state index in [0.29, 0.717) is 16.0 Å². The molecule has 0 saturated carbocycles. The average molecular weight is 323 g/mol. The van der Waals surface area contributed by atoms with Crippen LogP contribution in [0, 0.1) is 0 Å². The van der Waals surface area contributed by atoms with Crippen molar-refractivity contribution in [3.05, 3.63) is 52.5 Å². The Morgan fingerprint density at radius 1 is 1.05 bits per heavy atom. The maximum atomic E-state index is 10.9. The molecule has 0 unspecified atom stereocenters. The van der Waals surface area contributed by atoms with E-state index in [9.17, 15) is 4.79 Å². The molecular weight excluding hydrogens is 312 g/mol. The molecule has 0 atom stereocenters. The summed E-state index contributed by atoms with van der Waals surface area (Å²) in [5, 5.41) is 8.92.